The number of nitrogens with one attached hydrogen (secondary N) is 2. The monoisotopic (exact) mass is 342 g/mol. The Kier molecular flexibility index (Phi) is 5.58. The van der Waals surface area contributed by atoms with Gasteiger partial charge in [0.05, 0.1) is 0 Å². The van der Waals surface area contributed by atoms with E-state index in [4.69, 9.17) is 0 Å². The molecule has 0 atom stereocenters. The van der Waals surface area contributed by atoms with Crippen LogP contribution in [0.3, 0.4) is 0 Å². The number of aromatic nitrogens is 2. The number of nitrogens with zero attached hydrogens (tertiary/aromatic N) is 2. The number of aryl methyl sites for hydroxylation is 1. The zero-order chi connectivity index (χ0) is 17.6. The van der Waals surface area contributed by atoms with Gasteiger partial charge in [-0.25, -0.2) is 14.4 Å². The highest BCUT2D eigenvalue weighted by Gasteiger charge is 2.19. The van der Waals surface area contributed by atoms with Gasteiger partial charge in [0.25, 0.3) is 5.91 Å². The summed E-state index contributed by atoms with van der Waals surface area (Å²) in [6, 6.07) is 8.39. The third kappa shape index (κ3) is 4.98. The molecule has 3 rings (SSSR count). The molecule has 1 heterocycles. The van der Waals surface area contributed by atoms with Crippen LogP contribution in [-0.4, -0.2) is 28.5 Å². The fourth-order valence-corrected chi connectivity index (χ4v) is 3.09. The van der Waals surface area contributed by atoms with E-state index >= 15 is 0 Å². The van der Waals surface area contributed by atoms with Gasteiger partial charge in [-0.3, -0.25) is 4.79 Å². The summed E-state index contributed by atoms with van der Waals surface area (Å²) < 4.78 is 12.9. The van der Waals surface area contributed by atoms with Crippen LogP contribution in [0.4, 0.5) is 10.2 Å². The first kappa shape index (κ1) is 17.3. The molecule has 1 fully saturated rings. The van der Waals surface area contributed by atoms with E-state index in [9.17, 15) is 9.18 Å². The quantitative estimate of drug-likeness (QED) is 0.846. The topological polar surface area (TPSA) is 66.9 Å². The van der Waals surface area contributed by atoms with Crippen LogP contribution in [0.15, 0.2) is 30.3 Å². The van der Waals surface area contributed by atoms with Crippen molar-refractivity contribution in [2.75, 3.05) is 11.9 Å². The number of hydrogen-bond acceptors (Lipinski definition) is 4. The molecule has 0 unspecified atom stereocenters. The lowest BCUT2D eigenvalue weighted by molar-refractivity contribution is 0.0932. The predicted molar refractivity (Wildman–Crippen MR) is 95.1 cm³/mol. The van der Waals surface area contributed by atoms with Gasteiger partial charge < -0.3 is 10.6 Å². The molecule has 0 spiro atoms. The van der Waals surface area contributed by atoms with Crippen molar-refractivity contribution in [3.05, 3.63) is 53.2 Å². The number of hydrogen-bond donors (Lipinski definition) is 2. The zero-order valence-corrected chi connectivity index (χ0v) is 14.4. The lowest BCUT2D eigenvalue weighted by atomic mass is 10.1. The summed E-state index contributed by atoms with van der Waals surface area (Å²) in [6.07, 6.45) is 5.16. The molecule has 1 saturated carbocycles. The zero-order valence-electron chi connectivity index (χ0n) is 14.4. The summed E-state index contributed by atoms with van der Waals surface area (Å²) in [6.45, 7) is 2.42. The van der Waals surface area contributed by atoms with E-state index in [-0.39, 0.29) is 17.8 Å². The predicted octanol–water partition coefficient (Wildman–Crippen LogP) is 3.25. The Morgan fingerprint density at radius 3 is 2.64 bits per heavy atom. The number of carbonyl (C=O) groups is 1. The second kappa shape index (κ2) is 8.05. The van der Waals surface area contributed by atoms with Gasteiger partial charge in [-0.2, -0.15) is 0 Å². The van der Waals surface area contributed by atoms with Crippen LogP contribution in [-0.2, 0) is 6.42 Å². The summed E-state index contributed by atoms with van der Waals surface area (Å²) >= 11 is 0. The van der Waals surface area contributed by atoms with Gasteiger partial charge >= 0.3 is 0 Å². The molecule has 25 heavy (non-hydrogen) atoms. The highest BCUT2D eigenvalue weighted by atomic mass is 19.1. The lowest BCUT2D eigenvalue weighted by Crippen LogP contribution is -2.33. The Morgan fingerprint density at radius 2 is 1.92 bits per heavy atom. The summed E-state index contributed by atoms with van der Waals surface area (Å²) in [5.74, 6) is 0.814. The average Bonchev–Trinajstić information content (AvgIpc) is 3.09. The third-order valence-corrected chi connectivity index (χ3v) is 4.39. The molecule has 1 aliphatic rings. The fourth-order valence-electron chi connectivity index (χ4n) is 3.09. The third-order valence-electron chi connectivity index (χ3n) is 4.39. The van der Waals surface area contributed by atoms with Gasteiger partial charge in [0.15, 0.2) is 0 Å². The van der Waals surface area contributed by atoms with Crippen molar-refractivity contribution < 1.29 is 9.18 Å². The van der Waals surface area contributed by atoms with Crippen molar-refractivity contribution in [1.29, 1.82) is 0 Å². The Morgan fingerprint density at radius 1 is 1.20 bits per heavy atom. The van der Waals surface area contributed by atoms with Crippen molar-refractivity contribution in [3.63, 3.8) is 0 Å². The molecule has 1 aromatic heterocycles. The second-order valence-corrected chi connectivity index (χ2v) is 6.44. The number of benzene rings is 1. The molecule has 132 valence electrons. The molecule has 1 aliphatic carbocycles. The minimum absolute atomic E-state index is 0.140. The SMILES string of the molecule is Cc1nc(NCCc2ccc(F)cc2)cc(C(=O)NC2CCCC2)n1. The summed E-state index contributed by atoms with van der Waals surface area (Å²) in [5, 5.41) is 6.26. The van der Waals surface area contributed by atoms with E-state index in [0.29, 0.717) is 23.9 Å². The minimum Gasteiger partial charge on any atom is -0.370 e. The Labute approximate surface area is 147 Å². The molecule has 1 aromatic carbocycles. The normalized spacial score (nSPS) is 14.5. The largest absolute Gasteiger partial charge is 0.370 e. The first-order chi connectivity index (χ1) is 12.1. The average molecular weight is 342 g/mol. The van der Waals surface area contributed by atoms with Gasteiger partial charge in [0, 0.05) is 18.7 Å². The van der Waals surface area contributed by atoms with Crippen LogP contribution >= 0.6 is 0 Å². The molecule has 0 bridgehead atoms. The first-order valence-electron chi connectivity index (χ1n) is 8.75. The maximum absolute atomic E-state index is 12.9. The highest BCUT2D eigenvalue weighted by Crippen LogP contribution is 2.18. The van der Waals surface area contributed by atoms with Gasteiger partial charge in [-0.05, 0) is 43.9 Å². The Bertz CT molecular complexity index is 727. The van der Waals surface area contributed by atoms with E-state index in [1.54, 1.807) is 25.1 Å². The second-order valence-electron chi connectivity index (χ2n) is 6.44. The smallest absolute Gasteiger partial charge is 0.270 e. The number of carbonyl (C=O) groups excluding carboxylic acids is 1. The van der Waals surface area contributed by atoms with E-state index < -0.39 is 0 Å². The van der Waals surface area contributed by atoms with E-state index in [2.05, 4.69) is 20.6 Å². The van der Waals surface area contributed by atoms with E-state index in [0.717, 1.165) is 24.8 Å². The van der Waals surface area contributed by atoms with Crippen LogP contribution in [0.5, 0.6) is 0 Å². The van der Waals surface area contributed by atoms with E-state index in [1.807, 2.05) is 0 Å². The molecule has 2 N–H and O–H groups in total. The summed E-state index contributed by atoms with van der Waals surface area (Å²) in [4.78, 5) is 20.9. The lowest BCUT2D eigenvalue weighted by Gasteiger charge is -2.13. The Hall–Kier alpha value is -2.50. The van der Waals surface area contributed by atoms with Crippen molar-refractivity contribution in [2.24, 2.45) is 0 Å². The molecule has 0 saturated heterocycles. The number of amides is 1. The first-order valence-corrected chi connectivity index (χ1v) is 8.75. The van der Waals surface area contributed by atoms with Crippen LogP contribution in [0.25, 0.3) is 0 Å². The number of anilines is 1. The van der Waals surface area contributed by atoms with Gasteiger partial charge in [-0.1, -0.05) is 25.0 Å². The van der Waals surface area contributed by atoms with Crippen LogP contribution in [0.1, 0.15) is 47.6 Å². The highest BCUT2D eigenvalue weighted by molar-refractivity contribution is 5.93. The fraction of sp³-hybridized carbons (Fsp3) is 0.421. The molecular weight excluding hydrogens is 319 g/mol. The molecule has 0 aliphatic heterocycles. The van der Waals surface area contributed by atoms with Crippen molar-refractivity contribution in [1.82, 2.24) is 15.3 Å². The van der Waals surface area contributed by atoms with Gasteiger partial charge in [0.1, 0.15) is 23.2 Å². The Balaban J connectivity index is 1.58. The van der Waals surface area contributed by atoms with E-state index in [1.165, 1.54) is 25.0 Å². The molecule has 1 amide bonds. The van der Waals surface area contributed by atoms with Gasteiger partial charge in [0.2, 0.25) is 0 Å². The van der Waals surface area contributed by atoms with Crippen molar-refractivity contribution in [3.8, 4) is 0 Å². The van der Waals surface area contributed by atoms with Crippen LogP contribution in [0.2, 0.25) is 0 Å². The van der Waals surface area contributed by atoms with Crippen LogP contribution < -0.4 is 10.6 Å². The van der Waals surface area contributed by atoms with Crippen molar-refractivity contribution in [2.45, 2.75) is 45.1 Å². The molecule has 6 heteroatoms. The summed E-state index contributed by atoms with van der Waals surface area (Å²) in [5.41, 5.74) is 1.43. The molecule has 5 nitrogen and oxygen atoms in total. The molecular formula is C19H23FN4O. The molecule has 0 radical (unpaired) electrons. The van der Waals surface area contributed by atoms with Gasteiger partial charge in [-0.15, -0.1) is 0 Å². The molecule has 2 aromatic rings. The standard InChI is InChI=1S/C19H23FN4O/c1-13-22-17(19(25)24-16-4-2-3-5-16)12-18(23-13)21-11-10-14-6-8-15(20)9-7-14/h6-9,12,16H,2-5,10-11H2,1H3,(H,24,25)(H,21,22,23). The van der Waals surface area contributed by atoms with Crippen molar-refractivity contribution >= 4 is 11.7 Å². The number of halogens is 1. The maximum atomic E-state index is 12.9. The minimum atomic E-state index is -0.235. The number of rotatable bonds is 6. The summed E-state index contributed by atoms with van der Waals surface area (Å²) in [7, 11) is 0. The maximum Gasteiger partial charge on any atom is 0.270 e. The van der Waals surface area contributed by atoms with Crippen LogP contribution in [0, 0.1) is 12.7 Å².